The first kappa shape index (κ1) is 12.3. The summed E-state index contributed by atoms with van der Waals surface area (Å²) < 4.78 is 1.58. The Kier molecular flexibility index (Phi) is 3.44. The Morgan fingerprint density at radius 2 is 2.44 bits per heavy atom. The zero-order chi connectivity index (χ0) is 13.1. The lowest BCUT2D eigenvalue weighted by Gasteiger charge is -2.08. The van der Waals surface area contributed by atoms with Crippen LogP contribution in [0.5, 0.6) is 0 Å². The van der Waals surface area contributed by atoms with E-state index in [1.54, 1.807) is 24.9 Å². The number of amides is 1. The fourth-order valence-corrected chi connectivity index (χ4v) is 2.37. The summed E-state index contributed by atoms with van der Waals surface area (Å²) in [5.74, 6) is -0.277. The summed E-state index contributed by atoms with van der Waals surface area (Å²) in [5, 5.41) is 17.8. The van der Waals surface area contributed by atoms with Crippen LogP contribution in [-0.2, 0) is 7.05 Å². The highest BCUT2D eigenvalue weighted by Gasteiger charge is 2.18. The molecule has 2 aromatic rings. The predicted octanol–water partition coefficient (Wildman–Crippen LogP) is 1.78. The van der Waals surface area contributed by atoms with Gasteiger partial charge in [-0.2, -0.15) is 10.4 Å². The molecule has 0 radical (unpaired) electrons. The number of nitrogens with zero attached hydrogens (tertiary/aromatic N) is 3. The quantitative estimate of drug-likeness (QED) is 0.914. The van der Waals surface area contributed by atoms with Gasteiger partial charge in [-0.15, -0.1) is 11.3 Å². The van der Waals surface area contributed by atoms with Crippen LogP contribution in [-0.4, -0.2) is 15.7 Å². The molecule has 1 unspecified atom stereocenters. The number of rotatable bonds is 3. The van der Waals surface area contributed by atoms with Crippen molar-refractivity contribution in [1.29, 1.82) is 5.26 Å². The van der Waals surface area contributed by atoms with E-state index in [2.05, 4.69) is 16.5 Å². The number of nitriles is 1. The molecule has 2 aromatic heterocycles. The molecule has 1 N–H and O–H groups in total. The average Bonchev–Trinajstić information content (AvgIpc) is 2.95. The molecule has 0 aromatic carbocycles. The zero-order valence-corrected chi connectivity index (χ0v) is 10.9. The summed E-state index contributed by atoms with van der Waals surface area (Å²) in [6, 6.07) is 5.15. The zero-order valence-electron chi connectivity index (χ0n) is 10.0. The van der Waals surface area contributed by atoms with Crippen LogP contribution in [0.2, 0.25) is 0 Å². The molecule has 0 saturated carbocycles. The third-order valence-electron chi connectivity index (χ3n) is 2.49. The molecule has 1 amide bonds. The van der Waals surface area contributed by atoms with Crippen molar-refractivity contribution in [2.75, 3.05) is 0 Å². The first-order valence-electron chi connectivity index (χ1n) is 5.36. The molecule has 18 heavy (non-hydrogen) atoms. The van der Waals surface area contributed by atoms with E-state index in [-0.39, 0.29) is 5.91 Å². The number of aryl methyl sites for hydroxylation is 2. The van der Waals surface area contributed by atoms with Crippen molar-refractivity contribution < 1.29 is 4.79 Å². The van der Waals surface area contributed by atoms with Gasteiger partial charge in [0.25, 0.3) is 5.91 Å². The Morgan fingerprint density at radius 1 is 1.67 bits per heavy atom. The number of carbonyl (C=O) groups is 1. The molecule has 2 heterocycles. The SMILES string of the molecule is Cc1nn(C)cc1C(=O)NC(C#N)c1cccs1. The molecule has 0 aliphatic carbocycles. The predicted molar refractivity (Wildman–Crippen MR) is 68.1 cm³/mol. The molecule has 0 spiro atoms. The van der Waals surface area contributed by atoms with Crippen LogP contribution >= 0.6 is 11.3 Å². The Bertz CT molecular complexity index is 594. The van der Waals surface area contributed by atoms with Gasteiger partial charge in [-0.1, -0.05) is 6.07 Å². The number of thiophene rings is 1. The van der Waals surface area contributed by atoms with Gasteiger partial charge in [0.1, 0.15) is 0 Å². The Labute approximate surface area is 109 Å². The fraction of sp³-hybridized carbons (Fsp3) is 0.250. The number of hydrogen-bond acceptors (Lipinski definition) is 4. The highest BCUT2D eigenvalue weighted by atomic mass is 32.1. The van der Waals surface area contributed by atoms with Crippen molar-refractivity contribution >= 4 is 17.2 Å². The van der Waals surface area contributed by atoms with Gasteiger partial charge in [0.15, 0.2) is 6.04 Å². The molecule has 0 bridgehead atoms. The lowest BCUT2D eigenvalue weighted by Crippen LogP contribution is -2.27. The molecule has 0 saturated heterocycles. The highest BCUT2D eigenvalue weighted by Crippen LogP contribution is 2.19. The summed E-state index contributed by atoms with van der Waals surface area (Å²) in [6.07, 6.45) is 1.65. The smallest absolute Gasteiger partial charge is 0.256 e. The van der Waals surface area contributed by atoms with Gasteiger partial charge in [-0.05, 0) is 18.4 Å². The second-order valence-electron chi connectivity index (χ2n) is 3.85. The minimum absolute atomic E-state index is 0.277. The first-order chi connectivity index (χ1) is 8.61. The van der Waals surface area contributed by atoms with Gasteiger partial charge in [0.05, 0.1) is 17.3 Å². The molecule has 0 aliphatic heterocycles. The van der Waals surface area contributed by atoms with E-state index >= 15 is 0 Å². The van der Waals surface area contributed by atoms with E-state index < -0.39 is 6.04 Å². The summed E-state index contributed by atoms with van der Waals surface area (Å²) in [6.45, 7) is 1.77. The largest absolute Gasteiger partial charge is 0.332 e. The van der Waals surface area contributed by atoms with Gasteiger partial charge in [-0.3, -0.25) is 9.48 Å². The van der Waals surface area contributed by atoms with E-state index in [1.165, 1.54) is 11.3 Å². The number of hydrogen-bond donors (Lipinski definition) is 1. The number of aromatic nitrogens is 2. The normalized spacial score (nSPS) is 11.8. The van der Waals surface area contributed by atoms with Gasteiger partial charge >= 0.3 is 0 Å². The Hall–Kier alpha value is -2.13. The average molecular weight is 260 g/mol. The third-order valence-corrected chi connectivity index (χ3v) is 3.43. The van der Waals surface area contributed by atoms with Gasteiger partial charge in [0.2, 0.25) is 0 Å². The molecule has 92 valence electrons. The van der Waals surface area contributed by atoms with Crippen molar-refractivity contribution in [3.05, 3.63) is 39.8 Å². The van der Waals surface area contributed by atoms with E-state index in [9.17, 15) is 4.79 Å². The van der Waals surface area contributed by atoms with Crippen molar-refractivity contribution in [2.24, 2.45) is 7.05 Å². The monoisotopic (exact) mass is 260 g/mol. The number of carbonyl (C=O) groups excluding carboxylic acids is 1. The molecule has 5 nitrogen and oxygen atoms in total. The maximum Gasteiger partial charge on any atom is 0.256 e. The standard InChI is InChI=1S/C12H12N4OS/c1-8-9(7-16(2)15-8)12(17)14-10(6-13)11-4-3-5-18-11/h3-5,7,10H,1-2H3,(H,14,17). The van der Waals surface area contributed by atoms with Crippen molar-refractivity contribution in [3.8, 4) is 6.07 Å². The minimum Gasteiger partial charge on any atom is -0.332 e. The highest BCUT2D eigenvalue weighted by molar-refractivity contribution is 7.10. The fourth-order valence-electron chi connectivity index (χ4n) is 1.65. The topological polar surface area (TPSA) is 70.7 Å². The molecular weight excluding hydrogens is 248 g/mol. The molecule has 0 aliphatic rings. The van der Waals surface area contributed by atoms with Crippen LogP contribution in [0.15, 0.2) is 23.7 Å². The molecule has 1 atom stereocenters. The van der Waals surface area contributed by atoms with E-state index in [4.69, 9.17) is 5.26 Å². The van der Waals surface area contributed by atoms with E-state index in [1.807, 2.05) is 17.5 Å². The van der Waals surface area contributed by atoms with Crippen LogP contribution in [0.4, 0.5) is 0 Å². The minimum atomic E-state index is -0.614. The van der Waals surface area contributed by atoms with E-state index in [0.29, 0.717) is 11.3 Å². The summed E-state index contributed by atoms with van der Waals surface area (Å²) in [7, 11) is 1.75. The Balaban J connectivity index is 2.16. The first-order valence-corrected chi connectivity index (χ1v) is 6.24. The summed E-state index contributed by atoms with van der Waals surface area (Å²) in [5.41, 5.74) is 1.15. The molecule has 0 fully saturated rings. The summed E-state index contributed by atoms with van der Waals surface area (Å²) in [4.78, 5) is 12.9. The van der Waals surface area contributed by atoms with Crippen LogP contribution in [0, 0.1) is 18.3 Å². The van der Waals surface area contributed by atoms with E-state index in [0.717, 1.165) is 4.88 Å². The van der Waals surface area contributed by atoms with Gasteiger partial charge < -0.3 is 5.32 Å². The third kappa shape index (κ3) is 2.41. The van der Waals surface area contributed by atoms with Gasteiger partial charge in [0, 0.05) is 18.1 Å². The molecule has 2 rings (SSSR count). The van der Waals surface area contributed by atoms with Crippen LogP contribution < -0.4 is 5.32 Å². The molecular formula is C12H12N4OS. The van der Waals surface area contributed by atoms with Crippen LogP contribution in [0.25, 0.3) is 0 Å². The second-order valence-corrected chi connectivity index (χ2v) is 4.83. The number of nitrogens with one attached hydrogen (secondary N) is 1. The molecule has 6 heteroatoms. The summed E-state index contributed by atoms with van der Waals surface area (Å²) >= 11 is 1.44. The lowest BCUT2D eigenvalue weighted by atomic mass is 10.2. The van der Waals surface area contributed by atoms with Crippen molar-refractivity contribution in [2.45, 2.75) is 13.0 Å². The maximum absolute atomic E-state index is 12.0. The van der Waals surface area contributed by atoms with Crippen LogP contribution in [0.1, 0.15) is 27.0 Å². The Morgan fingerprint density at radius 3 is 2.94 bits per heavy atom. The van der Waals surface area contributed by atoms with Crippen molar-refractivity contribution in [1.82, 2.24) is 15.1 Å². The van der Waals surface area contributed by atoms with Crippen LogP contribution in [0.3, 0.4) is 0 Å². The van der Waals surface area contributed by atoms with Crippen molar-refractivity contribution in [3.63, 3.8) is 0 Å². The van der Waals surface area contributed by atoms with Gasteiger partial charge in [-0.25, -0.2) is 0 Å². The maximum atomic E-state index is 12.0. The second kappa shape index (κ2) is 5.02. The lowest BCUT2D eigenvalue weighted by molar-refractivity contribution is 0.0945.